The summed E-state index contributed by atoms with van der Waals surface area (Å²) >= 11 is 0. The maximum atomic E-state index is 10.6. The summed E-state index contributed by atoms with van der Waals surface area (Å²) in [5.74, 6) is -1.07. The Morgan fingerprint density at radius 1 is 1.30 bits per heavy atom. The van der Waals surface area contributed by atoms with Gasteiger partial charge in [-0.2, -0.15) is 0 Å². The normalized spacial score (nSPS) is 35.1. The fourth-order valence-corrected chi connectivity index (χ4v) is 2.43. The highest BCUT2D eigenvalue weighted by Crippen LogP contribution is 2.35. The lowest BCUT2D eigenvalue weighted by Gasteiger charge is -2.30. The molecule has 20 heavy (non-hydrogen) atoms. The number of carbonyl (C=O) groups is 1. The molecular weight excluding hydrogens is 270 g/mol. The van der Waals surface area contributed by atoms with Crippen LogP contribution in [0.3, 0.4) is 0 Å². The first-order valence-corrected chi connectivity index (χ1v) is 6.62. The summed E-state index contributed by atoms with van der Waals surface area (Å²) in [5, 5.41) is 46.7. The molecule has 8 heteroatoms. The highest BCUT2D eigenvalue weighted by molar-refractivity contribution is 5.72. The molecule has 0 aliphatic carbocycles. The SMILES string of the molecule is NC(CCCCC1(CO)O[C@H](CO)[C@@H](O)[C@@H]1O)C(=O)O. The monoisotopic (exact) mass is 293 g/mol. The summed E-state index contributed by atoms with van der Waals surface area (Å²) in [7, 11) is 0. The molecule has 1 rings (SSSR count). The molecule has 1 fully saturated rings. The van der Waals surface area contributed by atoms with E-state index in [1.165, 1.54) is 0 Å². The molecule has 118 valence electrons. The number of aliphatic carboxylic acids is 1. The Morgan fingerprint density at radius 3 is 2.40 bits per heavy atom. The number of ether oxygens (including phenoxy) is 1. The largest absolute Gasteiger partial charge is 0.480 e. The average Bonchev–Trinajstić information content (AvgIpc) is 2.68. The summed E-state index contributed by atoms with van der Waals surface area (Å²) in [4.78, 5) is 10.6. The summed E-state index contributed by atoms with van der Waals surface area (Å²) < 4.78 is 5.38. The van der Waals surface area contributed by atoms with Gasteiger partial charge in [-0.15, -0.1) is 0 Å². The van der Waals surface area contributed by atoms with Gasteiger partial charge >= 0.3 is 5.97 Å². The first-order valence-electron chi connectivity index (χ1n) is 6.62. The molecule has 0 aromatic rings. The van der Waals surface area contributed by atoms with Gasteiger partial charge in [0.05, 0.1) is 13.2 Å². The van der Waals surface area contributed by atoms with Crippen molar-refractivity contribution in [3.63, 3.8) is 0 Å². The zero-order valence-electron chi connectivity index (χ0n) is 11.2. The van der Waals surface area contributed by atoms with Gasteiger partial charge in [-0.05, 0) is 12.8 Å². The quantitative estimate of drug-likeness (QED) is 0.276. The van der Waals surface area contributed by atoms with E-state index >= 15 is 0 Å². The Bertz CT molecular complexity index is 327. The molecule has 0 aromatic carbocycles. The first kappa shape index (κ1) is 17.3. The maximum absolute atomic E-state index is 10.6. The van der Waals surface area contributed by atoms with E-state index in [4.69, 9.17) is 20.7 Å². The van der Waals surface area contributed by atoms with E-state index in [-0.39, 0.29) is 12.8 Å². The molecular formula is C12H23NO7. The van der Waals surface area contributed by atoms with Gasteiger partial charge in [0.2, 0.25) is 0 Å². The standard InChI is InChI=1S/C12H23NO7/c13-7(11(18)19)3-1-2-4-12(6-15)10(17)9(16)8(5-14)20-12/h7-10,14-17H,1-6,13H2,(H,18,19)/t7?,8-,9-,10+,12?/m1/s1. The van der Waals surface area contributed by atoms with Crippen molar-refractivity contribution >= 4 is 5.97 Å². The minimum atomic E-state index is -1.32. The molecule has 1 aliphatic rings. The Labute approximate surface area is 116 Å². The van der Waals surface area contributed by atoms with Crippen molar-refractivity contribution in [3.8, 4) is 0 Å². The van der Waals surface area contributed by atoms with Crippen LogP contribution in [0.1, 0.15) is 25.7 Å². The molecule has 5 atom stereocenters. The molecule has 1 aliphatic heterocycles. The fraction of sp³-hybridized carbons (Fsp3) is 0.917. The molecule has 0 spiro atoms. The van der Waals surface area contributed by atoms with Crippen molar-refractivity contribution in [2.24, 2.45) is 5.73 Å². The molecule has 8 nitrogen and oxygen atoms in total. The van der Waals surface area contributed by atoms with E-state index in [9.17, 15) is 20.1 Å². The van der Waals surface area contributed by atoms with Crippen LogP contribution in [-0.2, 0) is 9.53 Å². The maximum Gasteiger partial charge on any atom is 0.320 e. The average molecular weight is 293 g/mol. The number of hydrogen-bond acceptors (Lipinski definition) is 7. The number of carboxylic acids is 1. The van der Waals surface area contributed by atoms with E-state index in [2.05, 4.69) is 0 Å². The van der Waals surface area contributed by atoms with Gasteiger partial charge in [0.1, 0.15) is 30.0 Å². The number of unbranched alkanes of at least 4 members (excludes halogenated alkanes) is 1. The number of aliphatic hydroxyl groups excluding tert-OH is 4. The molecule has 1 saturated heterocycles. The fourth-order valence-electron chi connectivity index (χ4n) is 2.43. The minimum absolute atomic E-state index is 0.241. The summed E-state index contributed by atoms with van der Waals surface area (Å²) in [6, 6.07) is -0.940. The third kappa shape index (κ3) is 3.66. The second-order valence-electron chi connectivity index (χ2n) is 5.19. The smallest absolute Gasteiger partial charge is 0.320 e. The van der Waals surface area contributed by atoms with Crippen LogP contribution < -0.4 is 5.73 Å². The Balaban J connectivity index is 2.49. The van der Waals surface area contributed by atoms with E-state index in [1.807, 2.05) is 0 Å². The minimum Gasteiger partial charge on any atom is -0.480 e. The third-order valence-electron chi connectivity index (χ3n) is 3.76. The number of rotatable bonds is 8. The molecule has 2 unspecified atom stereocenters. The van der Waals surface area contributed by atoms with Crippen LogP contribution in [0.5, 0.6) is 0 Å². The second-order valence-corrected chi connectivity index (χ2v) is 5.19. The van der Waals surface area contributed by atoms with Gasteiger partial charge in [-0.3, -0.25) is 4.79 Å². The molecule has 1 heterocycles. The summed E-state index contributed by atoms with van der Waals surface area (Å²) in [6.07, 6.45) is -2.00. The molecule has 0 amide bonds. The first-order chi connectivity index (χ1) is 9.38. The van der Waals surface area contributed by atoms with Crippen LogP contribution in [0.4, 0.5) is 0 Å². The molecule has 0 bridgehead atoms. The van der Waals surface area contributed by atoms with Crippen molar-refractivity contribution in [3.05, 3.63) is 0 Å². The van der Waals surface area contributed by atoms with Crippen molar-refractivity contribution in [1.82, 2.24) is 0 Å². The number of hydrogen-bond donors (Lipinski definition) is 6. The zero-order chi connectivity index (χ0) is 15.3. The van der Waals surface area contributed by atoms with E-state index < -0.39 is 49.1 Å². The highest BCUT2D eigenvalue weighted by atomic mass is 16.6. The highest BCUT2D eigenvalue weighted by Gasteiger charge is 2.52. The zero-order valence-corrected chi connectivity index (χ0v) is 11.2. The van der Waals surface area contributed by atoms with Crippen LogP contribution >= 0.6 is 0 Å². The van der Waals surface area contributed by atoms with Gasteiger partial charge in [0, 0.05) is 0 Å². The topological polar surface area (TPSA) is 153 Å². The Kier molecular flexibility index (Phi) is 6.31. The molecule has 7 N–H and O–H groups in total. The number of aliphatic hydroxyl groups is 4. The van der Waals surface area contributed by atoms with Crippen LogP contribution in [0, 0.1) is 0 Å². The van der Waals surface area contributed by atoms with Crippen molar-refractivity contribution in [2.45, 2.75) is 55.6 Å². The van der Waals surface area contributed by atoms with Gasteiger partial charge in [-0.1, -0.05) is 12.8 Å². The lowest BCUT2D eigenvalue weighted by atomic mass is 9.89. The van der Waals surface area contributed by atoms with Crippen LogP contribution in [0.2, 0.25) is 0 Å². The predicted octanol–water partition coefficient (Wildman–Crippen LogP) is -2.20. The lowest BCUT2D eigenvalue weighted by Crippen LogP contribution is -2.46. The van der Waals surface area contributed by atoms with E-state index in [0.717, 1.165) is 0 Å². The van der Waals surface area contributed by atoms with Gasteiger partial charge in [0.25, 0.3) is 0 Å². The van der Waals surface area contributed by atoms with Crippen LogP contribution in [0.15, 0.2) is 0 Å². The van der Waals surface area contributed by atoms with Crippen molar-refractivity contribution < 1.29 is 35.1 Å². The van der Waals surface area contributed by atoms with Crippen molar-refractivity contribution in [2.75, 3.05) is 13.2 Å². The van der Waals surface area contributed by atoms with Gasteiger partial charge in [-0.25, -0.2) is 0 Å². The van der Waals surface area contributed by atoms with E-state index in [1.54, 1.807) is 0 Å². The van der Waals surface area contributed by atoms with Crippen molar-refractivity contribution in [1.29, 1.82) is 0 Å². The van der Waals surface area contributed by atoms with Gasteiger partial charge in [0.15, 0.2) is 0 Å². The molecule has 0 aromatic heterocycles. The second kappa shape index (κ2) is 7.30. The van der Waals surface area contributed by atoms with Gasteiger partial charge < -0.3 is 36.0 Å². The van der Waals surface area contributed by atoms with E-state index in [0.29, 0.717) is 12.8 Å². The molecule has 0 saturated carbocycles. The lowest BCUT2D eigenvalue weighted by molar-refractivity contribution is -0.138. The summed E-state index contributed by atoms with van der Waals surface area (Å²) in [5.41, 5.74) is 4.05. The Morgan fingerprint density at radius 2 is 1.95 bits per heavy atom. The predicted molar refractivity (Wildman–Crippen MR) is 67.9 cm³/mol. The summed E-state index contributed by atoms with van der Waals surface area (Å²) in [6.45, 7) is -0.948. The third-order valence-corrected chi connectivity index (χ3v) is 3.76. The van der Waals surface area contributed by atoms with Crippen LogP contribution in [0.25, 0.3) is 0 Å². The van der Waals surface area contributed by atoms with Crippen LogP contribution in [-0.4, -0.2) is 74.7 Å². The Hall–Kier alpha value is -0.770. The number of nitrogens with two attached hydrogens (primary N) is 1. The number of carboxylic acid groups (broad SMARTS) is 1. The molecule has 0 radical (unpaired) electrons.